The first-order valence-electron chi connectivity index (χ1n) is 6.99. The molecule has 1 aliphatic heterocycles. The van der Waals surface area contributed by atoms with Crippen molar-refractivity contribution in [2.45, 2.75) is 31.6 Å². The number of amides is 1. The summed E-state index contributed by atoms with van der Waals surface area (Å²) >= 11 is 0. The number of ether oxygens (including phenoxy) is 1. The third-order valence-corrected chi connectivity index (χ3v) is 3.79. The predicted molar refractivity (Wildman–Crippen MR) is 68.9 cm³/mol. The molecule has 2 fully saturated rings. The highest BCUT2D eigenvalue weighted by molar-refractivity contribution is 5.90. The number of nitrogens with zero attached hydrogens (tertiary/aromatic N) is 3. The van der Waals surface area contributed by atoms with Crippen molar-refractivity contribution in [3.8, 4) is 0 Å². The molecule has 2 aliphatic rings. The lowest BCUT2D eigenvalue weighted by molar-refractivity contribution is 0.0385. The fourth-order valence-corrected chi connectivity index (χ4v) is 2.50. The van der Waals surface area contributed by atoms with Gasteiger partial charge in [-0.25, -0.2) is 4.98 Å². The molecular formula is C13H20N4O2. The van der Waals surface area contributed by atoms with Crippen LogP contribution in [0.5, 0.6) is 0 Å². The second-order valence-electron chi connectivity index (χ2n) is 5.59. The number of hydrogen-bond donors (Lipinski definition) is 1. The van der Waals surface area contributed by atoms with Gasteiger partial charge in [0.05, 0.1) is 6.61 Å². The molecule has 1 aromatic heterocycles. The molecule has 1 amide bonds. The fraction of sp³-hybridized carbons (Fsp3) is 0.769. The van der Waals surface area contributed by atoms with Crippen LogP contribution in [0.1, 0.15) is 48.0 Å². The van der Waals surface area contributed by atoms with Crippen molar-refractivity contribution in [1.82, 2.24) is 20.1 Å². The summed E-state index contributed by atoms with van der Waals surface area (Å²) in [7, 11) is 1.81. The van der Waals surface area contributed by atoms with Crippen molar-refractivity contribution in [1.29, 1.82) is 0 Å². The van der Waals surface area contributed by atoms with Crippen LogP contribution in [0.15, 0.2) is 0 Å². The van der Waals surface area contributed by atoms with Crippen LogP contribution in [-0.2, 0) is 4.74 Å². The van der Waals surface area contributed by atoms with E-state index in [4.69, 9.17) is 4.74 Å². The van der Waals surface area contributed by atoms with E-state index < -0.39 is 0 Å². The van der Waals surface area contributed by atoms with E-state index in [0.717, 1.165) is 44.7 Å². The summed E-state index contributed by atoms with van der Waals surface area (Å²) in [6, 6.07) is 0. The van der Waals surface area contributed by atoms with E-state index >= 15 is 0 Å². The van der Waals surface area contributed by atoms with Gasteiger partial charge in [0, 0.05) is 26.1 Å². The summed E-state index contributed by atoms with van der Waals surface area (Å²) in [6.07, 6.45) is 4.51. The van der Waals surface area contributed by atoms with Gasteiger partial charge in [-0.3, -0.25) is 9.89 Å². The molecule has 1 N–H and O–H groups in total. The van der Waals surface area contributed by atoms with Gasteiger partial charge in [-0.15, -0.1) is 5.10 Å². The highest BCUT2D eigenvalue weighted by Gasteiger charge is 2.29. The number of H-pyrrole nitrogens is 1. The molecule has 1 aliphatic carbocycles. The Morgan fingerprint density at radius 3 is 3.00 bits per heavy atom. The second-order valence-corrected chi connectivity index (χ2v) is 5.59. The molecule has 104 valence electrons. The Labute approximate surface area is 112 Å². The molecule has 6 nitrogen and oxygen atoms in total. The highest BCUT2D eigenvalue weighted by atomic mass is 16.5. The molecule has 0 spiro atoms. The normalized spacial score (nSPS) is 23.3. The summed E-state index contributed by atoms with van der Waals surface area (Å²) in [4.78, 5) is 18.2. The van der Waals surface area contributed by atoms with Crippen molar-refractivity contribution in [3.63, 3.8) is 0 Å². The largest absolute Gasteiger partial charge is 0.381 e. The first kappa shape index (κ1) is 12.6. The standard InChI is InChI=1S/C13H20N4O2/c1-17(7-9-3-2-6-19-8-9)13(18)12-14-11(15-16-12)10-4-5-10/h9-10H,2-8H2,1H3,(H,14,15,16). The lowest BCUT2D eigenvalue weighted by Crippen LogP contribution is -2.35. The van der Waals surface area contributed by atoms with Gasteiger partial charge in [-0.05, 0) is 31.6 Å². The fourth-order valence-electron chi connectivity index (χ4n) is 2.50. The van der Waals surface area contributed by atoms with Crippen molar-refractivity contribution < 1.29 is 9.53 Å². The van der Waals surface area contributed by atoms with Gasteiger partial charge in [-0.2, -0.15) is 0 Å². The molecule has 3 rings (SSSR count). The number of aromatic nitrogens is 3. The lowest BCUT2D eigenvalue weighted by atomic mass is 10.0. The lowest BCUT2D eigenvalue weighted by Gasteiger charge is -2.26. The van der Waals surface area contributed by atoms with Crippen LogP contribution in [0.25, 0.3) is 0 Å². The maximum absolute atomic E-state index is 12.2. The Hall–Kier alpha value is -1.43. The maximum atomic E-state index is 12.2. The molecule has 0 radical (unpaired) electrons. The van der Waals surface area contributed by atoms with Crippen LogP contribution in [-0.4, -0.2) is 52.8 Å². The summed E-state index contributed by atoms with van der Waals surface area (Å²) < 4.78 is 5.44. The minimum Gasteiger partial charge on any atom is -0.381 e. The van der Waals surface area contributed by atoms with Crippen molar-refractivity contribution >= 4 is 5.91 Å². The average molecular weight is 264 g/mol. The van der Waals surface area contributed by atoms with Crippen LogP contribution >= 0.6 is 0 Å². The summed E-state index contributed by atoms with van der Waals surface area (Å²) in [5.74, 6) is 1.98. The molecule has 1 saturated heterocycles. The molecule has 1 unspecified atom stereocenters. The van der Waals surface area contributed by atoms with Crippen LogP contribution < -0.4 is 0 Å². The molecular weight excluding hydrogens is 244 g/mol. The van der Waals surface area contributed by atoms with Gasteiger partial charge in [0.15, 0.2) is 0 Å². The molecule has 1 aromatic rings. The van der Waals surface area contributed by atoms with E-state index in [0.29, 0.717) is 24.2 Å². The highest BCUT2D eigenvalue weighted by Crippen LogP contribution is 2.37. The topological polar surface area (TPSA) is 71.1 Å². The molecule has 0 bridgehead atoms. The summed E-state index contributed by atoms with van der Waals surface area (Å²) in [6.45, 7) is 2.31. The number of carbonyl (C=O) groups excluding carboxylic acids is 1. The van der Waals surface area contributed by atoms with Crippen molar-refractivity contribution in [2.75, 3.05) is 26.8 Å². The Morgan fingerprint density at radius 1 is 1.47 bits per heavy atom. The summed E-state index contributed by atoms with van der Waals surface area (Å²) in [5.41, 5.74) is 0. The molecule has 1 saturated carbocycles. The monoisotopic (exact) mass is 264 g/mol. The zero-order valence-corrected chi connectivity index (χ0v) is 11.3. The van der Waals surface area contributed by atoms with Gasteiger partial charge in [0.2, 0.25) is 5.82 Å². The molecule has 6 heteroatoms. The van der Waals surface area contributed by atoms with E-state index in [-0.39, 0.29) is 5.91 Å². The average Bonchev–Trinajstić information content (AvgIpc) is 3.17. The van der Waals surface area contributed by atoms with Crippen molar-refractivity contribution in [2.24, 2.45) is 5.92 Å². The van der Waals surface area contributed by atoms with Crippen LogP contribution in [0.3, 0.4) is 0 Å². The third-order valence-electron chi connectivity index (χ3n) is 3.79. The summed E-state index contributed by atoms with van der Waals surface area (Å²) in [5, 5.41) is 6.91. The third kappa shape index (κ3) is 2.94. The van der Waals surface area contributed by atoms with Crippen LogP contribution in [0.4, 0.5) is 0 Å². The minimum absolute atomic E-state index is 0.103. The molecule has 2 heterocycles. The number of carbonyl (C=O) groups is 1. The van der Waals surface area contributed by atoms with E-state index in [2.05, 4.69) is 15.2 Å². The first-order chi connectivity index (χ1) is 9.24. The van der Waals surface area contributed by atoms with Crippen LogP contribution in [0.2, 0.25) is 0 Å². The van der Waals surface area contributed by atoms with E-state index in [1.54, 1.807) is 4.90 Å². The number of nitrogens with one attached hydrogen (secondary N) is 1. The second kappa shape index (κ2) is 5.28. The van der Waals surface area contributed by atoms with Gasteiger partial charge < -0.3 is 9.64 Å². The SMILES string of the molecule is CN(CC1CCCOC1)C(=O)c1n[nH]c(C2CC2)n1. The predicted octanol–water partition coefficient (Wildman–Crippen LogP) is 1.18. The zero-order chi connectivity index (χ0) is 13.2. The maximum Gasteiger partial charge on any atom is 0.293 e. The Morgan fingerprint density at radius 2 is 2.32 bits per heavy atom. The number of aromatic amines is 1. The van der Waals surface area contributed by atoms with E-state index in [9.17, 15) is 4.79 Å². The van der Waals surface area contributed by atoms with E-state index in [1.165, 1.54) is 0 Å². The van der Waals surface area contributed by atoms with Crippen LogP contribution in [0, 0.1) is 5.92 Å². The van der Waals surface area contributed by atoms with Crippen molar-refractivity contribution in [3.05, 3.63) is 11.6 Å². The number of rotatable bonds is 4. The first-order valence-corrected chi connectivity index (χ1v) is 6.99. The minimum atomic E-state index is -0.103. The molecule has 19 heavy (non-hydrogen) atoms. The zero-order valence-electron chi connectivity index (χ0n) is 11.3. The molecule has 0 aromatic carbocycles. The van der Waals surface area contributed by atoms with Gasteiger partial charge in [-0.1, -0.05) is 0 Å². The van der Waals surface area contributed by atoms with Gasteiger partial charge in [0.25, 0.3) is 5.91 Å². The Balaban J connectivity index is 1.58. The van der Waals surface area contributed by atoms with Gasteiger partial charge in [0.1, 0.15) is 5.82 Å². The van der Waals surface area contributed by atoms with E-state index in [1.807, 2.05) is 7.05 Å². The Bertz CT molecular complexity index is 449. The quantitative estimate of drug-likeness (QED) is 0.886. The Kier molecular flexibility index (Phi) is 3.50. The molecule has 1 atom stereocenters. The van der Waals surface area contributed by atoms with Gasteiger partial charge >= 0.3 is 0 Å². The smallest absolute Gasteiger partial charge is 0.293 e. The number of hydrogen-bond acceptors (Lipinski definition) is 4.